The molecule has 0 aliphatic carbocycles. The lowest BCUT2D eigenvalue weighted by Crippen LogP contribution is -2.17. The molecule has 0 aliphatic rings. The van der Waals surface area contributed by atoms with Gasteiger partial charge in [0.05, 0.1) is 25.0 Å². The molecule has 1 atom stereocenters. The van der Waals surface area contributed by atoms with Crippen LogP contribution in [0.2, 0.25) is 0 Å². The number of ether oxygens (including phenoxy) is 1. The maximum absolute atomic E-state index is 13.7. The van der Waals surface area contributed by atoms with Crippen molar-refractivity contribution in [2.75, 3.05) is 7.11 Å². The van der Waals surface area contributed by atoms with Crippen LogP contribution in [-0.2, 0) is 6.54 Å². The highest BCUT2D eigenvalue weighted by molar-refractivity contribution is 5.33. The molecule has 1 heterocycles. The van der Waals surface area contributed by atoms with E-state index in [0.29, 0.717) is 5.56 Å². The van der Waals surface area contributed by atoms with Crippen LogP contribution in [0.25, 0.3) is 0 Å². The molecule has 0 saturated carbocycles. The number of hydrogen-bond donors (Lipinski definition) is 1. The molecule has 0 amide bonds. The number of methoxy groups -OCH3 is 1. The van der Waals surface area contributed by atoms with Crippen LogP contribution in [0.4, 0.5) is 4.39 Å². The van der Waals surface area contributed by atoms with Crippen LogP contribution in [0.1, 0.15) is 30.6 Å². The molecular formula is C13H17FN4O. The molecule has 0 bridgehead atoms. The fraction of sp³-hybridized carbons (Fsp3) is 0.385. The third-order valence-corrected chi connectivity index (χ3v) is 2.94. The molecule has 2 rings (SSSR count). The van der Waals surface area contributed by atoms with E-state index in [-0.39, 0.29) is 5.75 Å². The van der Waals surface area contributed by atoms with Gasteiger partial charge < -0.3 is 10.5 Å². The molecule has 102 valence electrons. The van der Waals surface area contributed by atoms with Crippen molar-refractivity contribution in [3.63, 3.8) is 0 Å². The first-order chi connectivity index (χ1) is 9.17. The predicted octanol–water partition coefficient (Wildman–Crippen LogP) is 1.88. The lowest BCUT2D eigenvalue weighted by atomic mass is 10.0. The third-order valence-electron chi connectivity index (χ3n) is 2.94. The van der Waals surface area contributed by atoms with Gasteiger partial charge in [0.1, 0.15) is 0 Å². The van der Waals surface area contributed by atoms with E-state index in [4.69, 9.17) is 10.5 Å². The maximum atomic E-state index is 13.7. The number of benzene rings is 1. The Morgan fingerprint density at radius 2 is 2.26 bits per heavy atom. The number of rotatable bonds is 5. The van der Waals surface area contributed by atoms with Crippen molar-refractivity contribution in [3.8, 4) is 5.75 Å². The summed E-state index contributed by atoms with van der Waals surface area (Å²) in [4.78, 5) is 0. The van der Waals surface area contributed by atoms with E-state index in [0.717, 1.165) is 18.7 Å². The van der Waals surface area contributed by atoms with Crippen molar-refractivity contribution >= 4 is 0 Å². The Morgan fingerprint density at radius 3 is 2.89 bits per heavy atom. The lowest BCUT2D eigenvalue weighted by Gasteiger charge is -2.14. The molecule has 2 N–H and O–H groups in total. The molecule has 6 heteroatoms. The van der Waals surface area contributed by atoms with Crippen molar-refractivity contribution in [3.05, 3.63) is 41.5 Å². The van der Waals surface area contributed by atoms with Gasteiger partial charge in [-0.3, -0.25) is 0 Å². The molecule has 0 fully saturated rings. The SMILES string of the molecule is CCCn1nncc1C(N)c1ccc(OC)c(F)c1. The fourth-order valence-corrected chi connectivity index (χ4v) is 1.94. The van der Waals surface area contributed by atoms with Gasteiger partial charge in [0.2, 0.25) is 0 Å². The minimum atomic E-state index is -0.457. The second-order valence-electron chi connectivity index (χ2n) is 4.25. The summed E-state index contributed by atoms with van der Waals surface area (Å²) in [6, 6.07) is 4.24. The van der Waals surface area contributed by atoms with Crippen LogP contribution in [0.15, 0.2) is 24.4 Å². The smallest absolute Gasteiger partial charge is 0.165 e. The minimum absolute atomic E-state index is 0.205. The van der Waals surface area contributed by atoms with E-state index < -0.39 is 11.9 Å². The zero-order valence-electron chi connectivity index (χ0n) is 11.0. The lowest BCUT2D eigenvalue weighted by molar-refractivity contribution is 0.386. The minimum Gasteiger partial charge on any atom is -0.494 e. The quantitative estimate of drug-likeness (QED) is 0.895. The van der Waals surface area contributed by atoms with Crippen LogP contribution < -0.4 is 10.5 Å². The van der Waals surface area contributed by atoms with Gasteiger partial charge in [-0.05, 0) is 24.1 Å². The summed E-state index contributed by atoms with van der Waals surface area (Å²) >= 11 is 0. The van der Waals surface area contributed by atoms with Gasteiger partial charge in [0.15, 0.2) is 11.6 Å². The first-order valence-corrected chi connectivity index (χ1v) is 6.14. The summed E-state index contributed by atoms with van der Waals surface area (Å²) in [5, 5.41) is 7.83. The summed E-state index contributed by atoms with van der Waals surface area (Å²) in [6.07, 6.45) is 2.54. The molecule has 0 spiro atoms. The zero-order valence-corrected chi connectivity index (χ0v) is 11.0. The number of halogens is 1. The summed E-state index contributed by atoms with van der Waals surface area (Å²) in [5.41, 5.74) is 7.58. The van der Waals surface area contributed by atoms with Crippen molar-refractivity contribution in [2.45, 2.75) is 25.9 Å². The van der Waals surface area contributed by atoms with Gasteiger partial charge in [-0.15, -0.1) is 5.10 Å². The van der Waals surface area contributed by atoms with Gasteiger partial charge in [-0.1, -0.05) is 18.2 Å². The third kappa shape index (κ3) is 2.73. The Bertz CT molecular complexity index is 555. The Balaban J connectivity index is 2.30. The molecule has 2 aromatic rings. The topological polar surface area (TPSA) is 66.0 Å². The number of hydrogen-bond acceptors (Lipinski definition) is 4. The zero-order chi connectivity index (χ0) is 13.8. The van der Waals surface area contributed by atoms with Gasteiger partial charge in [-0.2, -0.15) is 0 Å². The number of aromatic nitrogens is 3. The van der Waals surface area contributed by atoms with Crippen molar-refractivity contribution in [2.24, 2.45) is 5.73 Å². The molecule has 1 aromatic carbocycles. The first-order valence-electron chi connectivity index (χ1n) is 6.14. The van der Waals surface area contributed by atoms with Gasteiger partial charge >= 0.3 is 0 Å². The molecule has 0 radical (unpaired) electrons. The Labute approximate surface area is 111 Å². The van der Waals surface area contributed by atoms with Gasteiger partial charge in [0, 0.05) is 6.54 Å². The normalized spacial score (nSPS) is 12.4. The highest BCUT2D eigenvalue weighted by Gasteiger charge is 2.16. The second kappa shape index (κ2) is 5.79. The van der Waals surface area contributed by atoms with E-state index in [1.54, 1.807) is 23.0 Å². The van der Waals surface area contributed by atoms with Crippen LogP contribution >= 0.6 is 0 Å². The molecule has 0 saturated heterocycles. The number of nitrogens with two attached hydrogens (primary N) is 1. The van der Waals surface area contributed by atoms with Gasteiger partial charge in [0.25, 0.3) is 0 Å². The van der Waals surface area contributed by atoms with E-state index in [1.165, 1.54) is 13.2 Å². The summed E-state index contributed by atoms with van der Waals surface area (Å²) in [5.74, 6) is -0.221. The maximum Gasteiger partial charge on any atom is 0.165 e. The van der Waals surface area contributed by atoms with Crippen molar-refractivity contribution < 1.29 is 9.13 Å². The van der Waals surface area contributed by atoms with Crippen LogP contribution in [-0.4, -0.2) is 22.1 Å². The van der Waals surface area contributed by atoms with Crippen molar-refractivity contribution in [1.29, 1.82) is 0 Å². The predicted molar refractivity (Wildman–Crippen MR) is 69.3 cm³/mol. The molecule has 1 aromatic heterocycles. The molecule has 5 nitrogen and oxygen atoms in total. The highest BCUT2D eigenvalue weighted by atomic mass is 19.1. The Kier molecular flexibility index (Phi) is 4.11. The summed E-state index contributed by atoms with van der Waals surface area (Å²) < 4.78 is 20.3. The summed E-state index contributed by atoms with van der Waals surface area (Å²) in [6.45, 7) is 2.78. The van der Waals surface area contributed by atoms with Crippen LogP contribution in [0.5, 0.6) is 5.75 Å². The number of aryl methyl sites for hydroxylation is 1. The first kappa shape index (κ1) is 13.5. The molecule has 1 unspecified atom stereocenters. The highest BCUT2D eigenvalue weighted by Crippen LogP contribution is 2.24. The number of nitrogens with zero attached hydrogens (tertiary/aromatic N) is 3. The molecular weight excluding hydrogens is 247 g/mol. The van der Waals surface area contributed by atoms with E-state index >= 15 is 0 Å². The standard InChI is InChI=1S/C13H17FN4O/c1-3-6-18-11(8-16-17-18)13(15)9-4-5-12(19-2)10(14)7-9/h4-5,7-8,13H,3,6,15H2,1-2H3. The van der Waals surface area contributed by atoms with E-state index in [2.05, 4.69) is 10.3 Å². The summed E-state index contributed by atoms with van der Waals surface area (Å²) in [7, 11) is 1.43. The van der Waals surface area contributed by atoms with E-state index in [9.17, 15) is 4.39 Å². The van der Waals surface area contributed by atoms with Crippen molar-refractivity contribution in [1.82, 2.24) is 15.0 Å². The average Bonchev–Trinajstić information content (AvgIpc) is 2.86. The van der Waals surface area contributed by atoms with Crippen LogP contribution in [0.3, 0.4) is 0 Å². The van der Waals surface area contributed by atoms with Crippen LogP contribution in [0, 0.1) is 5.82 Å². The molecule has 19 heavy (non-hydrogen) atoms. The Hall–Kier alpha value is -1.95. The Morgan fingerprint density at radius 1 is 1.47 bits per heavy atom. The monoisotopic (exact) mass is 264 g/mol. The molecule has 0 aliphatic heterocycles. The largest absolute Gasteiger partial charge is 0.494 e. The van der Waals surface area contributed by atoms with Gasteiger partial charge in [-0.25, -0.2) is 9.07 Å². The second-order valence-corrected chi connectivity index (χ2v) is 4.25. The fourth-order valence-electron chi connectivity index (χ4n) is 1.94. The van der Waals surface area contributed by atoms with E-state index in [1.807, 2.05) is 6.92 Å². The average molecular weight is 264 g/mol.